The highest BCUT2D eigenvalue weighted by molar-refractivity contribution is 6.23. The monoisotopic (exact) mass is 1380 g/mol. The van der Waals surface area contributed by atoms with Gasteiger partial charge in [0.25, 0.3) is 0 Å². The lowest BCUT2D eigenvalue weighted by atomic mass is 9.72. The van der Waals surface area contributed by atoms with Crippen molar-refractivity contribution in [1.29, 1.82) is 0 Å². The van der Waals surface area contributed by atoms with E-state index in [9.17, 15) is 0 Å². The highest BCUT2D eigenvalue weighted by Crippen LogP contribution is 2.61. The highest BCUT2D eigenvalue weighted by Gasteiger charge is 2.46. The third-order valence-electron chi connectivity index (χ3n) is 25.6. The third kappa shape index (κ3) is 9.68. The minimum absolute atomic E-state index is 0.000305. The quantitative estimate of drug-likeness (QED) is 0.146. The highest BCUT2D eigenvalue weighted by atomic mass is 14.5. The molecule has 4 aliphatic carbocycles. The second-order valence-electron chi connectivity index (χ2n) is 33.1. The van der Waals surface area contributed by atoms with Crippen LogP contribution in [-0.2, 0) is 21.7 Å². The summed E-state index contributed by atoms with van der Waals surface area (Å²) in [5.74, 6) is 0. The van der Waals surface area contributed by atoms with Crippen LogP contribution in [0.2, 0.25) is 0 Å². The van der Waals surface area contributed by atoms with Gasteiger partial charge < -0.3 is 0 Å². The Morgan fingerprint density at radius 3 is 1.08 bits per heavy atom. The molecule has 4 aliphatic rings. The molecule has 0 saturated heterocycles. The molecule has 512 valence electrons. The van der Waals surface area contributed by atoms with Crippen LogP contribution in [0.1, 0.15) is 99.9 Å². The van der Waals surface area contributed by atoms with Gasteiger partial charge in [-0.25, -0.2) is 0 Å². The van der Waals surface area contributed by atoms with Crippen molar-refractivity contribution < 1.29 is 0 Å². The van der Waals surface area contributed by atoms with Gasteiger partial charge in [-0.05, 0) is 287 Å². The number of benzene rings is 18. The van der Waals surface area contributed by atoms with E-state index in [1.165, 1.54) is 220 Å². The van der Waals surface area contributed by atoms with Crippen LogP contribution in [0.4, 0.5) is 0 Å². The van der Waals surface area contributed by atoms with Gasteiger partial charge in [0.2, 0.25) is 0 Å². The molecule has 0 aliphatic heterocycles. The van der Waals surface area contributed by atoms with E-state index in [0.29, 0.717) is 0 Å². The van der Waals surface area contributed by atoms with Crippen molar-refractivity contribution in [3.63, 3.8) is 0 Å². The van der Waals surface area contributed by atoms with Gasteiger partial charge in [0, 0.05) is 21.7 Å². The maximum absolute atomic E-state index is 2.52. The molecule has 22 rings (SSSR count). The number of rotatable bonds is 6. The smallest absolute Gasteiger partial charge is 0.0162 e. The molecule has 0 heteroatoms. The summed E-state index contributed by atoms with van der Waals surface area (Å²) >= 11 is 0. The van der Waals surface area contributed by atoms with Crippen molar-refractivity contribution in [2.24, 2.45) is 0 Å². The zero-order chi connectivity index (χ0) is 72.7. The molecule has 0 unspecified atom stereocenters. The molecule has 0 atom stereocenters. The van der Waals surface area contributed by atoms with E-state index in [-0.39, 0.29) is 21.7 Å². The van der Waals surface area contributed by atoms with E-state index < -0.39 is 0 Å². The summed E-state index contributed by atoms with van der Waals surface area (Å²) < 4.78 is 0. The molecule has 0 heterocycles. The number of fused-ring (bicyclic) bond motifs is 21. The van der Waals surface area contributed by atoms with Gasteiger partial charge in [-0.3, -0.25) is 0 Å². The van der Waals surface area contributed by atoms with Crippen LogP contribution in [-0.4, -0.2) is 0 Å². The average Bonchev–Trinajstić information content (AvgIpc) is 1.54. The van der Waals surface area contributed by atoms with Crippen LogP contribution < -0.4 is 0 Å². The fraction of sp³-hybridized carbons (Fsp3) is 0.111. The maximum Gasteiger partial charge on any atom is 0.0162 e. The van der Waals surface area contributed by atoms with Crippen LogP contribution in [0.25, 0.3) is 176 Å². The van der Waals surface area contributed by atoms with Gasteiger partial charge in [-0.1, -0.05) is 328 Å². The first-order valence-corrected chi connectivity index (χ1v) is 38.5. The van der Waals surface area contributed by atoms with Crippen molar-refractivity contribution >= 4 is 64.6 Å². The largest absolute Gasteiger partial charge is 0.0619 e. The van der Waals surface area contributed by atoms with Crippen LogP contribution in [0, 0.1) is 0 Å². The van der Waals surface area contributed by atoms with Gasteiger partial charge in [0.1, 0.15) is 0 Å². The lowest BCUT2D eigenvalue weighted by molar-refractivity contribution is 0.601. The van der Waals surface area contributed by atoms with E-state index >= 15 is 0 Å². The molecule has 0 saturated carbocycles. The summed E-state index contributed by atoms with van der Waals surface area (Å²) in [5, 5.41) is 15.3. The second kappa shape index (κ2) is 23.5. The summed E-state index contributed by atoms with van der Waals surface area (Å²) in [7, 11) is 0. The molecule has 0 spiro atoms. The molecule has 0 fully saturated rings. The Morgan fingerprint density at radius 1 is 0.148 bits per heavy atom. The van der Waals surface area contributed by atoms with Crippen LogP contribution in [0.15, 0.2) is 340 Å². The Hall–Kier alpha value is -12.5. The first-order valence-electron chi connectivity index (χ1n) is 38.5. The predicted molar refractivity (Wildman–Crippen MR) is 461 cm³/mol. The van der Waals surface area contributed by atoms with E-state index in [2.05, 4.69) is 395 Å². The van der Waals surface area contributed by atoms with Gasteiger partial charge in [-0.15, -0.1) is 0 Å². The minimum Gasteiger partial charge on any atom is -0.0619 e. The van der Waals surface area contributed by atoms with Crippen molar-refractivity contribution in [3.05, 3.63) is 384 Å². The van der Waals surface area contributed by atoms with E-state index in [1.54, 1.807) is 0 Å². The van der Waals surface area contributed by atoms with Gasteiger partial charge >= 0.3 is 0 Å². The Bertz CT molecular complexity index is 6920. The normalized spacial score (nSPS) is 14.6. The standard InChI is InChI=1S/C58H42.C50H38/c1-57(2)52-19-10-9-17-46(52)48-27-28-49-51-33-41(26-29-53(51)58(3,4)56(49)55(48)57)37-14-11-13-36(30-37)38-21-22-40-32-42(24-23-39(40)31-38)50-34-43-25-20-35-12-5-6-15-44(35)54(43)47-18-8-7-16-45(47)50;1-49(2)45-15-8-7-14-41(45)43-29-44-42-23-22-40(28-46(42)50(3,4)48(44)30-47(43)49)34-13-9-12-33(25-34)35-18-19-39-27-38(21-20-37(39)26-35)36-17-16-31-10-5-6-11-32(31)24-36/h5-34H,1-4H3;5-30H,1-4H3. The van der Waals surface area contributed by atoms with Crippen LogP contribution in [0.5, 0.6) is 0 Å². The fourth-order valence-electron chi connectivity index (χ4n) is 19.9. The summed E-state index contributed by atoms with van der Waals surface area (Å²) in [6.45, 7) is 19.2. The third-order valence-corrected chi connectivity index (χ3v) is 25.6. The summed E-state index contributed by atoms with van der Waals surface area (Å²) in [5.41, 5.74) is 37.4. The molecule has 18 aromatic carbocycles. The molecule has 0 radical (unpaired) electrons. The lowest BCUT2D eigenvalue weighted by Crippen LogP contribution is -2.24. The lowest BCUT2D eigenvalue weighted by Gasteiger charge is -2.30. The maximum atomic E-state index is 2.52. The Labute approximate surface area is 633 Å². The zero-order valence-corrected chi connectivity index (χ0v) is 62.3. The van der Waals surface area contributed by atoms with Gasteiger partial charge in [0.15, 0.2) is 0 Å². The molecule has 0 amide bonds. The van der Waals surface area contributed by atoms with E-state index in [4.69, 9.17) is 0 Å². The first-order chi connectivity index (χ1) is 52.5. The molecule has 18 aromatic rings. The Balaban J connectivity index is 0.000000139. The van der Waals surface area contributed by atoms with Crippen LogP contribution >= 0.6 is 0 Å². The van der Waals surface area contributed by atoms with Gasteiger partial charge in [-0.2, -0.15) is 0 Å². The van der Waals surface area contributed by atoms with E-state index in [1.807, 2.05) is 0 Å². The number of hydrogen-bond donors (Lipinski definition) is 0. The molecule has 0 N–H and O–H groups in total. The Kier molecular flexibility index (Phi) is 13.9. The fourth-order valence-corrected chi connectivity index (χ4v) is 19.9. The van der Waals surface area contributed by atoms with Crippen molar-refractivity contribution in [3.8, 4) is 111 Å². The first kappa shape index (κ1) is 63.9. The van der Waals surface area contributed by atoms with Crippen LogP contribution in [0.3, 0.4) is 0 Å². The number of hydrogen-bond acceptors (Lipinski definition) is 0. The molecule has 108 heavy (non-hydrogen) atoms. The molecule has 0 nitrogen and oxygen atoms in total. The summed E-state index contributed by atoms with van der Waals surface area (Å²) in [6.07, 6.45) is 0. The van der Waals surface area contributed by atoms with Crippen molar-refractivity contribution in [2.45, 2.75) is 77.0 Å². The molecular weight excluding hydrogens is 1300 g/mol. The predicted octanol–water partition coefficient (Wildman–Crippen LogP) is 29.5. The SMILES string of the molecule is CC1(C)c2ccccc2-c2cc3c(cc21)C(C)(C)c1cc(-c2cccc(-c4ccc5cc(-c6ccc7ccccc7c6)ccc5c4)c2)ccc1-3.CC1(C)c2ccccc2-c2ccc3c(c21)C(C)(C)c1ccc(-c2cccc(-c4ccc5cc(-c6cc7ccc8ccccc8c7c7ccccc67)ccc5c4)c2)cc1-3. The minimum atomic E-state index is -0.0864. The average molecular weight is 1380 g/mol. The molecule has 0 aromatic heterocycles. The second-order valence-corrected chi connectivity index (χ2v) is 33.1. The van der Waals surface area contributed by atoms with E-state index in [0.717, 1.165) is 0 Å². The topological polar surface area (TPSA) is 0 Å². The van der Waals surface area contributed by atoms with Gasteiger partial charge in [0.05, 0.1) is 0 Å². The molecule has 0 bridgehead atoms. The summed E-state index contributed by atoms with van der Waals surface area (Å²) in [4.78, 5) is 0. The van der Waals surface area contributed by atoms with Crippen molar-refractivity contribution in [1.82, 2.24) is 0 Å². The Morgan fingerprint density at radius 2 is 0.491 bits per heavy atom. The summed E-state index contributed by atoms with van der Waals surface area (Å²) in [6, 6.07) is 128. The van der Waals surface area contributed by atoms with Crippen molar-refractivity contribution in [2.75, 3.05) is 0 Å². The molecular formula is C108H80. The zero-order valence-electron chi connectivity index (χ0n) is 62.3.